The Morgan fingerprint density at radius 3 is 2.53 bits per heavy atom. The second-order valence-corrected chi connectivity index (χ2v) is 7.54. The third-order valence-corrected chi connectivity index (χ3v) is 5.61. The molecule has 0 radical (unpaired) electrons. The Labute approximate surface area is 172 Å². The van der Waals surface area contributed by atoms with Crippen LogP contribution in [-0.4, -0.2) is 74.9 Å². The van der Waals surface area contributed by atoms with Crippen molar-refractivity contribution in [3.63, 3.8) is 0 Å². The quantitative estimate of drug-likeness (QED) is 0.396. The molecule has 2 aliphatic heterocycles. The molecule has 1 aliphatic carbocycles. The molecule has 0 bridgehead atoms. The standard InChI is InChI=1S/C21H24O9/c22-9-14-17(24)18(25)19(26)21(30-14)28-11-6-7-12-13(8-11)29-20(27)15(12)16(23)10-4-2-1-3-5-10/h1-5,8,11,14,16-19,21-26H,6-7,9H2/t11-,14-,16-,17+,18+,19-,21+/m1/s1. The smallest absolute Gasteiger partial charge is 0.342 e. The molecule has 0 amide bonds. The number of rotatable bonds is 5. The van der Waals surface area contributed by atoms with E-state index in [9.17, 15) is 30.3 Å². The largest absolute Gasteiger partial charge is 0.423 e. The number of aliphatic hydroxyl groups excluding tert-OH is 5. The van der Waals surface area contributed by atoms with Crippen molar-refractivity contribution >= 4 is 5.97 Å². The zero-order valence-corrected chi connectivity index (χ0v) is 16.0. The zero-order valence-electron chi connectivity index (χ0n) is 16.0. The first-order valence-corrected chi connectivity index (χ1v) is 9.77. The van der Waals surface area contributed by atoms with Gasteiger partial charge in [-0.25, -0.2) is 4.79 Å². The summed E-state index contributed by atoms with van der Waals surface area (Å²) < 4.78 is 16.4. The Morgan fingerprint density at radius 1 is 1.10 bits per heavy atom. The highest BCUT2D eigenvalue weighted by Gasteiger charge is 2.45. The van der Waals surface area contributed by atoms with Gasteiger partial charge >= 0.3 is 5.97 Å². The summed E-state index contributed by atoms with van der Waals surface area (Å²) in [6.45, 7) is -0.554. The number of aliphatic hydroxyl groups is 5. The number of hydrogen-bond donors (Lipinski definition) is 5. The third-order valence-electron chi connectivity index (χ3n) is 5.61. The Hall–Kier alpha value is -2.11. The van der Waals surface area contributed by atoms with Crippen LogP contribution >= 0.6 is 0 Å². The van der Waals surface area contributed by atoms with Crippen LogP contribution in [0.3, 0.4) is 0 Å². The summed E-state index contributed by atoms with van der Waals surface area (Å²) in [6.07, 6.45) is -6.23. The van der Waals surface area contributed by atoms with Crippen LogP contribution in [0.15, 0.2) is 53.3 Å². The van der Waals surface area contributed by atoms with Crippen LogP contribution in [0.2, 0.25) is 0 Å². The van der Waals surface area contributed by atoms with Crippen LogP contribution in [0.1, 0.15) is 24.5 Å². The summed E-state index contributed by atoms with van der Waals surface area (Å²) in [5.74, 6) is -0.341. The zero-order chi connectivity index (χ0) is 21.4. The molecule has 2 heterocycles. The number of carbonyl (C=O) groups excluding carboxylic acids is 1. The molecule has 1 fully saturated rings. The van der Waals surface area contributed by atoms with Crippen LogP contribution < -0.4 is 0 Å². The van der Waals surface area contributed by atoms with Crippen molar-refractivity contribution in [3.8, 4) is 0 Å². The van der Waals surface area contributed by atoms with Gasteiger partial charge in [0.2, 0.25) is 0 Å². The SMILES string of the molecule is O=C1OC2=C[C@H](O[C@H]3O[C@H](CO)[C@H](O)[C@H](O)[C@H]3O)CCC2=C1[C@H](O)c1ccccc1. The van der Waals surface area contributed by atoms with E-state index in [4.69, 9.17) is 14.2 Å². The molecule has 1 aromatic rings. The van der Waals surface area contributed by atoms with Crippen LogP contribution in [0.25, 0.3) is 0 Å². The molecule has 5 N–H and O–H groups in total. The van der Waals surface area contributed by atoms with Gasteiger partial charge in [0.1, 0.15) is 36.3 Å². The molecule has 9 heteroatoms. The van der Waals surface area contributed by atoms with E-state index >= 15 is 0 Å². The minimum atomic E-state index is -1.54. The molecule has 0 aromatic heterocycles. The third kappa shape index (κ3) is 3.81. The monoisotopic (exact) mass is 420 g/mol. The van der Waals surface area contributed by atoms with Gasteiger partial charge in [-0.05, 0) is 24.5 Å². The number of ether oxygens (including phenoxy) is 3. The summed E-state index contributed by atoms with van der Waals surface area (Å²) in [7, 11) is 0. The number of fused-ring (bicyclic) bond motifs is 1. The fourth-order valence-corrected chi connectivity index (χ4v) is 3.94. The van der Waals surface area contributed by atoms with E-state index in [1.54, 1.807) is 30.3 Å². The van der Waals surface area contributed by atoms with E-state index in [1.165, 1.54) is 0 Å². The fraction of sp³-hybridized carbons (Fsp3) is 0.476. The van der Waals surface area contributed by atoms with Gasteiger partial charge in [-0.15, -0.1) is 0 Å². The van der Waals surface area contributed by atoms with Gasteiger partial charge in [0.25, 0.3) is 0 Å². The van der Waals surface area contributed by atoms with Gasteiger partial charge in [-0.3, -0.25) is 0 Å². The van der Waals surface area contributed by atoms with Crippen molar-refractivity contribution in [1.82, 2.24) is 0 Å². The topological polar surface area (TPSA) is 146 Å². The summed E-state index contributed by atoms with van der Waals surface area (Å²) in [4.78, 5) is 12.4. The molecule has 1 aromatic carbocycles. The predicted octanol–water partition coefficient (Wildman–Crippen LogP) is -0.564. The van der Waals surface area contributed by atoms with Gasteiger partial charge in [0.15, 0.2) is 6.29 Å². The van der Waals surface area contributed by atoms with E-state index in [2.05, 4.69) is 0 Å². The average molecular weight is 420 g/mol. The van der Waals surface area contributed by atoms with Crippen LogP contribution in [0.5, 0.6) is 0 Å². The van der Waals surface area contributed by atoms with Gasteiger partial charge in [-0.1, -0.05) is 30.3 Å². The molecule has 3 aliphatic rings. The summed E-state index contributed by atoms with van der Waals surface area (Å²) in [5.41, 5.74) is 1.38. The molecule has 9 nitrogen and oxygen atoms in total. The van der Waals surface area contributed by atoms with Crippen LogP contribution in [0, 0.1) is 0 Å². The Bertz CT molecular complexity index is 847. The Kier molecular flexibility index (Phi) is 6.03. The van der Waals surface area contributed by atoms with E-state index < -0.39 is 55.5 Å². The maximum Gasteiger partial charge on any atom is 0.342 e. The molecule has 0 spiro atoms. The van der Waals surface area contributed by atoms with Crippen molar-refractivity contribution < 1.29 is 44.5 Å². The number of benzene rings is 1. The van der Waals surface area contributed by atoms with E-state index in [1.807, 2.05) is 6.07 Å². The minimum Gasteiger partial charge on any atom is -0.423 e. The second-order valence-electron chi connectivity index (χ2n) is 7.54. The summed E-state index contributed by atoms with van der Waals surface area (Å²) >= 11 is 0. The first kappa shape index (κ1) is 21.1. The van der Waals surface area contributed by atoms with Crippen LogP contribution in [-0.2, 0) is 19.0 Å². The van der Waals surface area contributed by atoms with Gasteiger partial charge in [0, 0.05) is 5.57 Å². The number of allylic oxidation sites excluding steroid dienone is 1. The molecule has 7 atom stereocenters. The number of carbonyl (C=O) groups is 1. The van der Waals surface area contributed by atoms with Gasteiger partial charge < -0.3 is 39.7 Å². The summed E-state index contributed by atoms with van der Waals surface area (Å²) in [5, 5.41) is 49.8. The highest BCUT2D eigenvalue weighted by atomic mass is 16.7. The second kappa shape index (κ2) is 8.56. The predicted molar refractivity (Wildman–Crippen MR) is 100 cm³/mol. The van der Waals surface area contributed by atoms with Crippen molar-refractivity contribution in [3.05, 3.63) is 58.9 Å². The maximum atomic E-state index is 12.4. The minimum absolute atomic E-state index is 0.193. The highest BCUT2D eigenvalue weighted by Crippen LogP contribution is 2.40. The van der Waals surface area contributed by atoms with Crippen LogP contribution in [0.4, 0.5) is 0 Å². The highest BCUT2D eigenvalue weighted by molar-refractivity contribution is 5.96. The molecule has 30 heavy (non-hydrogen) atoms. The lowest BCUT2D eigenvalue weighted by Crippen LogP contribution is -2.59. The average Bonchev–Trinajstić information content (AvgIpc) is 3.09. The number of hydrogen-bond acceptors (Lipinski definition) is 9. The molecule has 1 saturated heterocycles. The van der Waals surface area contributed by atoms with Gasteiger partial charge in [0.05, 0.1) is 18.3 Å². The lowest BCUT2D eigenvalue weighted by molar-refractivity contribution is -0.308. The van der Waals surface area contributed by atoms with Crippen molar-refractivity contribution in [2.45, 2.75) is 55.8 Å². The molecule has 4 rings (SSSR count). The Morgan fingerprint density at radius 2 is 1.83 bits per heavy atom. The van der Waals surface area contributed by atoms with E-state index in [0.717, 1.165) is 0 Å². The molecule has 0 saturated carbocycles. The lowest BCUT2D eigenvalue weighted by Gasteiger charge is -2.40. The molecule has 162 valence electrons. The molecule has 0 unspecified atom stereocenters. The van der Waals surface area contributed by atoms with Crippen molar-refractivity contribution in [1.29, 1.82) is 0 Å². The first-order chi connectivity index (χ1) is 14.4. The molecular formula is C21H24O9. The summed E-state index contributed by atoms with van der Waals surface area (Å²) in [6, 6.07) is 8.80. The van der Waals surface area contributed by atoms with E-state index in [0.29, 0.717) is 24.0 Å². The fourth-order valence-electron chi connectivity index (χ4n) is 3.94. The Balaban J connectivity index is 1.51. The molecular weight excluding hydrogens is 396 g/mol. The number of esters is 1. The first-order valence-electron chi connectivity index (χ1n) is 9.77. The maximum absolute atomic E-state index is 12.4. The lowest BCUT2D eigenvalue weighted by atomic mass is 9.91. The van der Waals surface area contributed by atoms with E-state index in [-0.39, 0.29) is 11.3 Å². The van der Waals surface area contributed by atoms with Crippen molar-refractivity contribution in [2.75, 3.05) is 6.61 Å². The van der Waals surface area contributed by atoms with Gasteiger partial charge in [-0.2, -0.15) is 0 Å². The van der Waals surface area contributed by atoms with Crippen molar-refractivity contribution in [2.24, 2.45) is 0 Å². The normalized spacial score (nSPS) is 35.0.